The lowest BCUT2D eigenvalue weighted by atomic mass is 10.2. The molecule has 1 aromatic heterocycles. The lowest BCUT2D eigenvalue weighted by Crippen LogP contribution is -2.19. The lowest BCUT2D eigenvalue weighted by molar-refractivity contribution is -0.274. The van der Waals surface area contributed by atoms with E-state index in [1.807, 2.05) is 0 Å². The molecule has 8 heteroatoms. The number of nitrogens with two attached hydrogens (primary N) is 1. The van der Waals surface area contributed by atoms with Gasteiger partial charge in [0.25, 0.3) is 6.43 Å². The van der Waals surface area contributed by atoms with Crippen LogP contribution in [0.3, 0.4) is 0 Å². The van der Waals surface area contributed by atoms with Gasteiger partial charge in [-0.2, -0.15) is 0 Å². The zero-order valence-electron chi connectivity index (χ0n) is 7.98. The number of pyridine rings is 1. The number of aryl methyl sites for hydroxylation is 1. The molecule has 3 nitrogen and oxygen atoms in total. The Morgan fingerprint density at radius 3 is 2.38 bits per heavy atom. The molecule has 90 valence electrons. The van der Waals surface area contributed by atoms with Crippen molar-refractivity contribution in [3.8, 4) is 5.75 Å². The highest BCUT2D eigenvalue weighted by Crippen LogP contribution is 2.36. The Morgan fingerprint density at radius 2 is 1.94 bits per heavy atom. The first-order valence-electron chi connectivity index (χ1n) is 4.01. The number of ether oxygens (including phenoxy) is 1. The monoisotopic (exact) mass is 242 g/mol. The summed E-state index contributed by atoms with van der Waals surface area (Å²) in [6.07, 6.45) is -7.29. The van der Waals surface area contributed by atoms with Crippen LogP contribution in [0.2, 0.25) is 0 Å². The molecule has 0 radical (unpaired) electrons. The van der Waals surface area contributed by atoms with Gasteiger partial charge in [0, 0.05) is 6.20 Å². The lowest BCUT2D eigenvalue weighted by Gasteiger charge is -2.15. The largest absolute Gasteiger partial charge is 0.573 e. The molecule has 0 spiro atoms. The molecule has 0 saturated carbocycles. The van der Waals surface area contributed by atoms with E-state index >= 15 is 0 Å². The molecule has 1 heterocycles. The van der Waals surface area contributed by atoms with Crippen molar-refractivity contribution in [1.82, 2.24) is 4.98 Å². The average Bonchev–Trinajstić information content (AvgIpc) is 2.10. The molecule has 0 amide bonds. The molecule has 2 N–H and O–H groups in total. The Morgan fingerprint density at radius 1 is 1.38 bits per heavy atom. The first-order valence-corrected chi connectivity index (χ1v) is 4.01. The molecule has 0 aromatic carbocycles. The van der Waals surface area contributed by atoms with Crippen molar-refractivity contribution in [2.24, 2.45) is 0 Å². The van der Waals surface area contributed by atoms with Gasteiger partial charge < -0.3 is 10.5 Å². The van der Waals surface area contributed by atoms with Crippen molar-refractivity contribution in [2.45, 2.75) is 19.7 Å². The maximum absolute atomic E-state index is 12.3. The molecule has 0 aliphatic rings. The van der Waals surface area contributed by atoms with E-state index in [9.17, 15) is 22.0 Å². The van der Waals surface area contributed by atoms with Crippen molar-refractivity contribution in [1.29, 1.82) is 0 Å². The number of nitrogens with zero attached hydrogens (tertiary/aromatic N) is 1. The van der Waals surface area contributed by atoms with E-state index < -0.39 is 29.8 Å². The molecule has 16 heavy (non-hydrogen) atoms. The van der Waals surface area contributed by atoms with Crippen LogP contribution in [-0.2, 0) is 0 Å². The zero-order valence-corrected chi connectivity index (χ0v) is 7.98. The Bertz CT molecular complexity index is 391. The van der Waals surface area contributed by atoms with Gasteiger partial charge in [0.2, 0.25) is 0 Å². The van der Waals surface area contributed by atoms with Crippen molar-refractivity contribution in [3.63, 3.8) is 0 Å². The summed E-state index contributed by atoms with van der Waals surface area (Å²) in [6.45, 7) is 1.17. The van der Waals surface area contributed by atoms with Gasteiger partial charge in [0.1, 0.15) is 0 Å². The number of hydrogen-bond acceptors (Lipinski definition) is 3. The van der Waals surface area contributed by atoms with Crippen LogP contribution in [0.25, 0.3) is 0 Å². The second-order valence-electron chi connectivity index (χ2n) is 2.89. The molecule has 1 aromatic rings. The maximum atomic E-state index is 12.3. The third-order valence-electron chi connectivity index (χ3n) is 1.73. The standard InChI is InChI=1S/C8H7F5N2O/c1-3-6(16-8(11,12)13)5(14)4(2-15-3)7(9)10/h2,7H,1H3,(H2,14,15). The molecule has 0 aliphatic carbocycles. The normalized spacial score (nSPS) is 11.9. The van der Waals surface area contributed by atoms with Crippen LogP contribution in [0.5, 0.6) is 5.75 Å². The van der Waals surface area contributed by atoms with Crippen LogP contribution in [0.15, 0.2) is 6.20 Å². The average molecular weight is 242 g/mol. The van der Waals surface area contributed by atoms with E-state index in [-0.39, 0.29) is 5.69 Å². The first kappa shape index (κ1) is 12.5. The van der Waals surface area contributed by atoms with Crippen molar-refractivity contribution in [3.05, 3.63) is 17.5 Å². The number of alkyl halides is 5. The number of aromatic nitrogens is 1. The van der Waals surface area contributed by atoms with E-state index in [0.717, 1.165) is 6.20 Å². The molecule has 0 atom stereocenters. The minimum atomic E-state index is -5.00. The van der Waals surface area contributed by atoms with Crippen molar-refractivity contribution in [2.75, 3.05) is 5.73 Å². The van der Waals surface area contributed by atoms with Crippen LogP contribution >= 0.6 is 0 Å². The number of halogens is 5. The van der Waals surface area contributed by atoms with Crippen LogP contribution in [0, 0.1) is 6.92 Å². The number of hydrogen-bond donors (Lipinski definition) is 1. The van der Waals surface area contributed by atoms with E-state index in [1.54, 1.807) is 0 Å². The maximum Gasteiger partial charge on any atom is 0.573 e. The molecular formula is C8H7F5N2O. The van der Waals surface area contributed by atoms with E-state index in [2.05, 4.69) is 9.72 Å². The van der Waals surface area contributed by atoms with Gasteiger partial charge in [0.05, 0.1) is 16.9 Å². The molecule has 0 aliphatic heterocycles. The molecule has 0 fully saturated rings. The van der Waals surface area contributed by atoms with Gasteiger partial charge in [0.15, 0.2) is 5.75 Å². The highest BCUT2D eigenvalue weighted by atomic mass is 19.4. The highest BCUT2D eigenvalue weighted by molar-refractivity contribution is 5.60. The molecular weight excluding hydrogens is 235 g/mol. The Balaban J connectivity index is 3.21. The van der Waals surface area contributed by atoms with Gasteiger partial charge in [-0.05, 0) is 6.92 Å². The summed E-state index contributed by atoms with van der Waals surface area (Å²) in [6, 6.07) is 0. The predicted molar refractivity (Wildman–Crippen MR) is 45.0 cm³/mol. The van der Waals surface area contributed by atoms with E-state index in [1.165, 1.54) is 6.92 Å². The first-order chi connectivity index (χ1) is 7.22. The molecule has 0 unspecified atom stereocenters. The second kappa shape index (κ2) is 4.11. The highest BCUT2D eigenvalue weighted by Gasteiger charge is 2.34. The fourth-order valence-corrected chi connectivity index (χ4v) is 1.04. The van der Waals surface area contributed by atoms with Gasteiger partial charge in [-0.1, -0.05) is 0 Å². The zero-order chi connectivity index (χ0) is 12.5. The Hall–Kier alpha value is -1.60. The van der Waals surface area contributed by atoms with Gasteiger partial charge in [-0.15, -0.1) is 13.2 Å². The summed E-state index contributed by atoms with van der Waals surface area (Å²) in [4.78, 5) is 3.36. The minimum Gasteiger partial charge on any atom is -0.402 e. The molecule has 1 rings (SSSR count). The summed E-state index contributed by atoms with van der Waals surface area (Å²) in [5.41, 5.74) is 3.40. The summed E-state index contributed by atoms with van der Waals surface area (Å²) in [5.74, 6) is -0.884. The Kier molecular flexibility index (Phi) is 3.20. The van der Waals surface area contributed by atoms with Crippen molar-refractivity contribution < 1.29 is 26.7 Å². The third kappa shape index (κ3) is 2.71. The summed E-state index contributed by atoms with van der Waals surface area (Å²) >= 11 is 0. The number of anilines is 1. The van der Waals surface area contributed by atoms with Crippen LogP contribution < -0.4 is 10.5 Å². The fourth-order valence-electron chi connectivity index (χ4n) is 1.04. The SMILES string of the molecule is Cc1ncc(C(F)F)c(N)c1OC(F)(F)F. The summed E-state index contributed by atoms with van der Waals surface area (Å²) < 4.78 is 64.0. The van der Waals surface area contributed by atoms with Crippen LogP contribution in [-0.4, -0.2) is 11.3 Å². The van der Waals surface area contributed by atoms with Crippen LogP contribution in [0.4, 0.5) is 27.6 Å². The Labute approximate surface area is 87.0 Å². The predicted octanol–water partition coefficient (Wildman–Crippen LogP) is 2.81. The van der Waals surface area contributed by atoms with Gasteiger partial charge in [-0.25, -0.2) is 8.78 Å². The van der Waals surface area contributed by atoms with E-state index in [4.69, 9.17) is 5.73 Å². The van der Waals surface area contributed by atoms with Crippen molar-refractivity contribution >= 4 is 5.69 Å². The van der Waals surface area contributed by atoms with Crippen LogP contribution in [0.1, 0.15) is 17.7 Å². The summed E-state index contributed by atoms with van der Waals surface area (Å²) in [5, 5.41) is 0. The number of nitrogen functional groups attached to an aromatic ring is 1. The third-order valence-corrected chi connectivity index (χ3v) is 1.73. The van der Waals surface area contributed by atoms with Gasteiger partial charge >= 0.3 is 6.36 Å². The smallest absolute Gasteiger partial charge is 0.402 e. The molecule has 0 saturated heterocycles. The quantitative estimate of drug-likeness (QED) is 0.811. The summed E-state index contributed by atoms with van der Waals surface area (Å²) in [7, 11) is 0. The molecule has 0 bridgehead atoms. The number of rotatable bonds is 2. The van der Waals surface area contributed by atoms with E-state index in [0.29, 0.717) is 0 Å². The van der Waals surface area contributed by atoms with Gasteiger partial charge in [-0.3, -0.25) is 4.98 Å². The minimum absolute atomic E-state index is 0.209. The topological polar surface area (TPSA) is 48.1 Å². The fraction of sp³-hybridized carbons (Fsp3) is 0.375. The second-order valence-corrected chi connectivity index (χ2v) is 2.89.